The molecule has 26 heavy (non-hydrogen) atoms. The smallest absolute Gasteiger partial charge is 0.259 e. The number of para-hydroxylation sites is 1. The maximum absolute atomic E-state index is 12.6. The van der Waals surface area contributed by atoms with Crippen molar-refractivity contribution in [2.75, 3.05) is 12.4 Å². The third kappa shape index (κ3) is 3.80. The van der Waals surface area contributed by atoms with Crippen LogP contribution in [0.5, 0.6) is 0 Å². The zero-order chi connectivity index (χ0) is 18.5. The Bertz CT molecular complexity index is 943. The molecule has 0 saturated carbocycles. The van der Waals surface area contributed by atoms with Gasteiger partial charge in [0.05, 0.1) is 17.5 Å². The van der Waals surface area contributed by atoms with E-state index in [1.165, 1.54) is 7.11 Å². The van der Waals surface area contributed by atoms with Crippen molar-refractivity contribution < 1.29 is 9.63 Å². The maximum atomic E-state index is 12.6. The Balaban J connectivity index is 1.87. The van der Waals surface area contributed by atoms with E-state index in [0.29, 0.717) is 11.3 Å². The van der Waals surface area contributed by atoms with Crippen LogP contribution in [0.25, 0.3) is 11.1 Å². The van der Waals surface area contributed by atoms with Gasteiger partial charge in [-0.15, -0.1) is 0 Å². The molecule has 3 aromatic rings. The molecule has 1 heterocycles. The van der Waals surface area contributed by atoms with Gasteiger partial charge in [-0.1, -0.05) is 47.6 Å². The fourth-order valence-corrected chi connectivity index (χ4v) is 2.72. The standard InChI is InChI=1S/C20H20N4O2/c1-14-18(13-24(2)23-14)20(25)22-19-7-5-4-6-17(19)16-10-8-15(9-11-16)12-21-26-3/h4-13H,1-3H3,(H,22,25). The number of hydrogen-bond donors (Lipinski definition) is 1. The molecule has 0 radical (unpaired) electrons. The maximum Gasteiger partial charge on any atom is 0.259 e. The molecule has 132 valence electrons. The summed E-state index contributed by atoms with van der Waals surface area (Å²) in [5.41, 5.74) is 4.89. The van der Waals surface area contributed by atoms with Crippen LogP contribution in [0.2, 0.25) is 0 Å². The lowest BCUT2D eigenvalue weighted by molar-refractivity contribution is 0.102. The summed E-state index contributed by atoms with van der Waals surface area (Å²) in [6, 6.07) is 15.6. The molecular weight excluding hydrogens is 328 g/mol. The van der Waals surface area contributed by atoms with E-state index in [4.69, 9.17) is 4.84 Å². The monoisotopic (exact) mass is 348 g/mol. The van der Waals surface area contributed by atoms with Gasteiger partial charge in [0.15, 0.2) is 0 Å². The van der Waals surface area contributed by atoms with E-state index in [-0.39, 0.29) is 5.91 Å². The molecule has 1 N–H and O–H groups in total. The topological polar surface area (TPSA) is 68.5 Å². The molecule has 2 aromatic carbocycles. The quantitative estimate of drug-likeness (QED) is 0.565. The Morgan fingerprint density at radius 2 is 1.92 bits per heavy atom. The Morgan fingerprint density at radius 1 is 1.19 bits per heavy atom. The van der Waals surface area contributed by atoms with Gasteiger partial charge in [-0.05, 0) is 24.1 Å². The van der Waals surface area contributed by atoms with Crippen LogP contribution in [0.3, 0.4) is 0 Å². The predicted molar refractivity (Wildman–Crippen MR) is 102 cm³/mol. The summed E-state index contributed by atoms with van der Waals surface area (Å²) in [4.78, 5) is 17.3. The van der Waals surface area contributed by atoms with E-state index >= 15 is 0 Å². The fourth-order valence-electron chi connectivity index (χ4n) is 2.72. The van der Waals surface area contributed by atoms with Crippen LogP contribution >= 0.6 is 0 Å². The summed E-state index contributed by atoms with van der Waals surface area (Å²) >= 11 is 0. The van der Waals surface area contributed by atoms with Gasteiger partial charge in [0.25, 0.3) is 5.91 Å². The largest absolute Gasteiger partial charge is 0.399 e. The second kappa shape index (κ2) is 7.65. The Hall–Kier alpha value is -3.41. The predicted octanol–water partition coefficient (Wildman–Crippen LogP) is 3.63. The van der Waals surface area contributed by atoms with Crippen molar-refractivity contribution in [3.8, 4) is 11.1 Å². The van der Waals surface area contributed by atoms with Gasteiger partial charge in [0.1, 0.15) is 7.11 Å². The Labute approximate surface area is 152 Å². The number of oxime groups is 1. The van der Waals surface area contributed by atoms with E-state index in [0.717, 1.165) is 22.4 Å². The number of benzene rings is 2. The molecule has 6 heteroatoms. The number of nitrogens with one attached hydrogen (secondary N) is 1. The Kier molecular flexibility index (Phi) is 5.12. The minimum absolute atomic E-state index is 0.174. The second-order valence-corrected chi connectivity index (χ2v) is 5.84. The minimum atomic E-state index is -0.174. The van der Waals surface area contributed by atoms with Crippen molar-refractivity contribution in [2.45, 2.75) is 6.92 Å². The van der Waals surface area contributed by atoms with Crippen LogP contribution in [0.1, 0.15) is 21.6 Å². The highest BCUT2D eigenvalue weighted by Gasteiger charge is 2.14. The van der Waals surface area contributed by atoms with Gasteiger partial charge in [-0.3, -0.25) is 9.48 Å². The molecule has 0 aliphatic heterocycles. The van der Waals surface area contributed by atoms with E-state index in [1.54, 1.807) is 24.1 Å². The number of carbonyl (C=O) groups excluding carboxylic acids is 1. The lowest BCUT2D eigenvalue weighted by Crippen LogP contribution is -2.13. The van der Waals surface area contributed by atoms with Crippen LogP contribution in [-0.2, 0) is 11.9 Å². The lowest BCUT2D eigenvalue weighted by Gasteiger charge is -2.11. The molecule has 0 spiro atoms. The molecular formula is C20H20N4O2. The highest BCUT2D eigenvalue weighted by molar-refractivity contribution is 6.06. The fraction of sp³-hybridized carbons (Fsp3) is 0.150. The van der Waals surface area contributed by atoms with Crippen molar-refractivity contribution in [3.05, 3.63) is 71.5 Å². The van der Waals surface area contributed by atoms with Crippen molar-refractivity contribution in [3.63, 3.8) is 0 Å². The number of rotatable bonds is 5. The van der Waals surface area contributed by atoms with Crippen molar-refractivity contribution in [1.29, 1.82) is 0 Å². The minimum Gasteiger partial charge on any atom is -0.399 e. The third-order valence-corrected chi connectivity index (χ3v) is 3.96. The van der Waals surface area contributed by atoms with Crippen LogP contribution in [0.15, 0.2) is 59.9 Å². The molecule has 0 unspecified atom stereocenters. The summed E-state index contributed by atoms with van der Waals surface area (Å²) in [5, 5.41) is 11.0. The van der Waals surface area contributed by atoms with Crippen molar-refractivity contribution >= 4 is 17.8 Å². The molecule has 0 aliphatic rings. The van der Waals surface area contributed by atoms with Crippen molar-refractivity contribution in [1.82, 2.24) is 9.78 Å². The van der Waals surface area contributed by atoms with E-state index in [1.807, 2.05) is 55.5 Å². The molecule has 1 amide bonds. The molecule has 1 aromatic heterocycles. The first-order valence-electron chi connectivity index (χ1n) is 8.16. The van der Waals surface area contributed by atoms with Crippen LogP contribution in [-0.4, -0.2) is 29.0 Å². The molecule has 3 rings (SSSR count). The Morgan fingerprint density at radius 3 is 2.58 bits per heavy atom. The summed E-state index contributed by atoms with van der Waals surface area (Å²) in [7, 11) is 3.31. The highest BCUT2D eigenvalue weighted by Crippen LogP contribution is 2.28. The molecule has 6 nitrogen and oxygen atoms in total. The molecule has 0 atom stereocenters. The first-order chi connectivity index (χ1) is 12.6. The SMILES string of the molecule is CON=Cc1ccc(-c2ccccc2NC(=O)c2cn(C)nc2C)cc1. The second-order valence-electron chi connectivity index (χ2n) is 5.84. The first-order valence-corrected chi connectivity index (χ1v) is 8.16. The number of aromatic nitrogens is 2. The summed E-state index contributed by atoms with van der Waals surface area (Å²) < 4.78 is 1.64. The number of hydrogen-bond acceptors (Lipinski definition) is 4. The van der Waals surface area contributed by atoms with Crippen LogP contribution in [0, 0.1) is 6.92 Å². The van der Waals surface area contributed by atoms with Gasteiger partial charge < -0.3 is 10.2 Å². The van der Waals surface area contributed by atoms with Gasteiger partial charge in [0, 0.05) is 24.5 Å². The van der Waals surface area contributed by atoms with Crippen molar-refractivity contribution in [2.24, 2.45) is 12.2 Å². The van der Waals surface area contributed by atoms with E-state index in [9.17, 15) is 4.79 Å². The van der Waals surface area contributed by atoms with Gasteiger partial charge in [-0.2, -0.15) is 5.10 Å². The van der Waals surface area contributed by atoms with Crippen LogP contribution in [0.4, 0.5) is 5.69 Å². The number of nitrogens with zero attached hydrogens (tertiary/aromatic N) is 3. The van der Waals surface area contributed by atoms with E-state index in [2.05, 4.69) is 15.6 Å². The zero-order valence-electron chi connectivity index (χ0n) is 14.9. The average Bonchev–Trinajstić information content (AvgIpc) is 2.99. The number of amides is 1. The molecule has 0 bridgehead atoms. The van der Waals surface area contributed by atoms with Crippen LogP contribution < -0.4 is 5.32 Å². The number of carbonyl (C=O) groups is 1. The summed E-state index contributed by atoms with van der Waals surface area (Å²) in [6.45, 7) is 1.82. The zero-order valence-corrected chi connectivity index (χ0v) is 14.9. The van der Waals surface area contributed by atoms with Gasteiger partial charge in [-0.25, -0.2) is 0 Å². The molecule has 0 aliphatic carbocycles. The lowest BCUT2D eigenvalue weighted by atomic mass is 10.0. The first kappa shape index (κ1) is 17.4. The molecule has 0 fully saturated rings. The number of aryl methyl sites for hydroxylation is 2. The average molecular weight is 348 g/mol. The highest BCUT2D eigenvalue weighted by atomic mass is 16.6. The van der Waals surface area contributed by atoms with Gasteiger partial charge in [0.2, 0.25) is 0 Å². The normalized spacial score (nSPS) is 10.9. The third-order valence-electron chi connectivity index (χ3n) is 3.96. The molecule has 0 saturated heterocycles. The summed E-state index contributed by atoms with van der Waals surface area (Å²) in [6.07, 6.45) is 3.36. The van der Waals surface area contributed by atoms with E-state index < -0.39 is 0 Å². The summed E-state index contributed by atoms with van der Waals surface area (Å²) in [5.74, 6) is -0.174. The van der Waals surface area contributed by atoms with Gasteiger partial charge >= 0.3 is 0 Å². The number of anilines is 1.